The fourth-order valence-electron chi connectivity index (χ4n) is 3.90. The Hall–Kier alpha value is -2.23. The lowest BCUT2D eigenvalue weighted by atomic mass is 10.1. The third kappa shape index (κ3) is 3.89. The molecule has 0 radical (unpaired) electrons. The number of rotatable bonds is 7. The van der Waals surface area contributed by atoms with Gasteiger partial charge in [-0.1, -0.05) is 12.8 Å². The van der Waals surface area contributed by atoms with Gasteiger partial charge in [0.15, 0.2) is 5.78 Å². The summed E-state index contributed by atoms with van der Waals surface area (Å²) in [6.45, 7) is 7.12. The number of nitrogens with one attached hydrogen (secondary N) is 1. The molecule has 1 heterocycles. The number of carbonyl (C=O) groups excluding carboxylic acids is 1. The molecular formula is C21H28N2O2. The number of ether oxygens (including phenoxy) is 1. The van der Waals surface area contributed by atoms with Crippen molar-refractivity contribution in [2.75, 3.05) is 18.5 Å². The summed E-state index contributed by atoms with van der Waals surface area (Å²) < 4.78 is 7.81. The topological polar surface area (TPSA) is 43.3 Å². The smallest absolute Gasteiger partial charge is 0.183 e. The van der Waals surface area contributed by atoms with Gasteiger partial charge in [0.2, 0.25) is 0 Å². The van der Waals surface area contributed by atoms with E-state index in [2.05, 4.69) is 29.8 Å². The summed E-state index contributed by atoms with van der Waals surface area (Å²) in [7, 11) is 0. The Morgan fingerprint density at radius 2 is 1.88 bits per heavy atom. The zero-order valence-corrected chi connectivity index (χ0v) is 15.5. The van der Waals surface area contributed by atoms with E-state index in [0.717, 1.165) is 22.7 Å². The fourth-order valence-corrected chi connectivity index (χ4v) is 3.90. The van der Waals surface area contributed by atoms with E-state index in [9.17, 15) is 4.79 Å². The summed E-state index contributed by atoms with van der Waals surface area (Å²) in [4.78, 5) is 12.7. The lowest BCUT2D eigenvalue weighted by Gasteiger charge is -2.17. The van der Waals surface area contributed by atoms with Crippen molar-refractivity contribution in [1.82, 2.24) is 4.57 Å². The lowest BCUT2D eigenvalue weighted by molar-refractivity contribution is 0.101. The largest absolute Gasteiger partial charge is 0.494 e. The maximum Gasteiger partial charge on any atom is 0.183 e. The van der Waals surface area contributed by atoms with Crippen LogP contribution in [0.4, 0.5) is 5.69 Å². The number of benzene rings is 1. The van der Waals surface area contributed by atoms with Gasteiger partial charge in [-0.2, -0.15) is 0 Å². The highest BCUT2D eigenvalue weighted by Gasteiger charge is 2.23. The minimum Gasteiger partial charge on any atom is -0.494 e. The molecular weight excluding hydrogens is 312 g/mol. The lowest BCUT2D eigenvalue weighted by Crippen LogP contribution is -2.15. The van der Waals surface area contributed by atoms with Gasteiger partial charge in [0.1, 0.15) is 5.75 Å². The highest BCUT2D eigenvalue weighted by Crippen LogP contribution is 2.33. The van der Waals surface area contributed by atoms with Crippen LogP contribution in [0.15, 0.2) is 30.3 Å². The molecule has 2 aromatic rings. The second-order valence-corrected chi connectivity index (χ2v) is 6.83. The summed E-state index contributed by atoms with van der Waals surface area (Å²) in [6, 6.07) is 10.3. The molecule has 0 amide bonds. The van der Waals surface area contributed by atoms with Crippen molar-refractivity contribution in [3.63, 3.8) is 0 Å². The van der Waals surface area contributed by atoms with E-state index in [1.807, 2.05) is 31.2 Å². The maximum absolute atomic E-state index is 12.7. The van der Waals surface area contributed by atoms with Gasteiger partial charge in [-0.15, -0.1) is 0 Å². The van der Waals surface area contributed by atoms with Gasteiger partial charge in [-0.05, 0) is 63.9 Å². The van der Waals surface area contributed by atoms with Crippen LogP contribution in [-0.2, 0) is 0 Å². The van der Waals surface area contributed by atoms with Gasteiger partial charge in [-0.25, -0.2) is 0 Å². The number of anilines is 1. The predicted molar refractivity (Wildman–Crippen MR) is 102 cm³/mol. The number of hydrogen-bond acceptors (Lipinski definition) is 3. The molecule has 4 heteroatoms. The molecule has 1 aromatic carbocycles. The molecule has 0 bridgehead atoms. The van der Waals surface area contributed by atoms with Crippen LogP contribution in [-0.4, -0.2) is 23.5 Å². The Balaban J connectivity index is 1.66. The second kappa shape index (κ2) is 7.77. The van der Waals surface area contributed by atoms with E-state index >= 15 is 0 Å². The zero-order chi connectivity index (χ0) is 17.8. The number of Topliss-reactive ketones (excluding diaryl/α,β-unsaturated/α-hetero) is 1. The molecule has 134 valence electrons. The van der Waals surface area contributed by atoms with Gasteiger partial charge in [0, 0.05) is 28.7 Å². The zero-order valence-electron chi connectivity index (χ0n) is 15.5. The first kappa shape index (κ1) is 17.6. The van der Waals surface area contributed by atoms with Gasteiger partial charge in [0.25, 0.3) is 0 Å². The van der Waals surface area contributed by atoms with Gasteiger partial charge in [0.05, 0.1) is 13.2 Å². The van der Waals surface area contributed by atoms with Crippen LogP contribution in [0.1, 0.15) is 60.4 Å². The molecule has 1 aromatic heterocycles. The summed E-state index contributed by atoms with van der Waals surface area (Å²) >= 11 is 0. The van der Waals surface area contributed by atoms with E-state index in [4.69, 9.17) is 4.74 Å². The van der Waals surface area contributed by atoms with Crippen molar-refractivity contribution in [2.24, 2.45) is 0 Å². The monoisotopic (exact) mass is 340 g/mol. The summed E-state index contributed by atoms with van der Waals surface area (Å²) in [6.07, 6.45) is 5.05. The molecule has 1 aliphatic carbocycles. The van der Waals surface area contributed by atoms with E-state index in [1.165, 1.54) is 31.4 Å². The standard InChI is InChI=1S/C21H28N2O2/c1-4-25-19-11-9-17(10-12-19)22-14-21(24)20-13-15(2)23(16(20)3)18-7-5-6-8-18/h9-13,18,22H,4-8,14H2,1-3H3. The Morgan fingerprint density at radius 3 is 2.52 bits per heavy atom. The Labute approximate surface area is 150 Å². The van der Waals surface area contributed by atoms with E-state index in [-0.39, 0.29) is 5.78 Å². The molecule has 0 unspecified atom stereocenters. The molecule has 0 spiro atoms. The first-order valence-electron chi connectivity index (χ1n) is 9.28. The predicted octanol–water partition coefficient (Wildman–Crippen LogP) is 4.91. The molecule has 0 aliphatic heterocycles. The molecule has 1 fully saturated rings. The van der Waals surface area contributed by atoms with Crippen molar-refractivity contribution in [1.29, 1.82) is 0 Å². The Morgan fingerprint density at radius 1 is 1.20 bits per heavy atom. The first-order valence-corrected chi connectivity index (χ1v) is 9.28. The van der Waals surface area contributed by atoms with Crippen LogP contribution in [0.5, 0.6) is 5.75 Å². The van der Waals surface area contributed by atoms with Crippen LogP contribution in [0.25, 0.3) is 0 Å². The fraction of sp³-hybridized carbons (Fsp3) is 0.476. The third-order valence-electron chi connectivity index (χ3n) is 5.09. The Bertz CT molecular complexity index is 725. The molecule has 25 heavy (non-hydrogen) atoms. The van der Waals surface area contributed by atoms with Crippen LogP contribution in [0.3, 0.4) is 0 Å². The van der Waals surface area contributed by atoms with Crippen LogP contribution in [0.2, 0.25) is 0 Å². The third-order valence-corrected chi connectivity index (χ3v) is 5.09. The van der Waals surface area contributed by atoms with Crippen molar-refractivity contribution >= 4 is 11.5 Å². The van der Waals surface area contributed by atoms with Crippen LogP contribution >= 0.6 is 0 Å². The molecule has 1 saturated carbocycles. The highest BCUT2D eigenvalue weighted by molar-refractivity contribution is 6.00. The quantitative estimate of drug-likeness (QED) is 0.728. The summed E-state index contributed by atoms with van der Waals surface area (Å²) in [5.41, 5.74) is 4.10. The number of ketones is 1. The molecule has 3 rings (SSSR count). The number of aromatic nitrogens is 1. The van der Waals surface area contributed by atoms with Crippen molar-refractivity contribution in [3.8, 4) is 5.75 Å². The maximum atomic E-state index is 12.7. The summed E-state index contributed by atoms with van der Waals surface area (Å²) in [5, 5.41) is 3.22. The molecule has 1 N–H and O–H groups in total. The van der Waals surface area contributed by atoms with Gasteiger partial charge in [-0.3, -0.25) is 4.79 Å². The van der Waals surface area contributed by atoms with Gasteiger partial charge < -0.3 is 14.6 Å². The van der Waals surface area contributed by atoms with Crippen LogP contribution < -0.4 is 10.1 Å². The van der Waals surface area contributed by atoms with E-state index in [0.29, 0.717) is 19.2 Å². The SMILES string of the molecule is CCOc1ccc(NCC(=O)c2cc(C)n(C3CCCC3)c2C)cc1. The molecule has 1 aliphatic rings. The highest BCUT2D eigenvalue weighted by atomic mass is 16.5. The van der Waals surface area contributed by atoms with Crippen molar-refractivity contribution in [3.05, 3.63) is 47.3 Å². The van der Waals surface area contributed by atoms with Crippen molar-refractivity contribution in [2.45, 2.75) is 52.5 Å². The number of hydrogen-bond donors (Lipinski definition) is 1. The van der Waals surface area contributed by atoms with E-state index < -0.39 is 0 Å². The van der Waals surface area contributed by atoms with Crippen molar-refractivity contribution < 1.29 is 9.53 Å². The average Bonchev–Trinajstić information content (AvgIpc) is 3.22. The average molecular weight is 340 g/mol. The minimum absolute atomic E-state index is 0.145. The van der Waals surface area contributed by atoms with Gasteiger partial charge >= 0.3 is 0 Å². The number of aryl methyl sites for hydroxylation is 1. The van der Waals surface area contributed by atoms with E-state index in [1.54, 1.807) is 0 Å². The first-order chi connectivity index (χ1) is 12.1. The Kier molecular flexibility index (Phi) is 5.47. The number of carbonyl (C=O) groups is 1. The summed E-state index contributed by atoms with van der Waals surface area (Å²) in [5.74, 6) is 0.991. The van der Waals surface area contributed by atoms with Crippen LogP contribution in [0, 0.1) is 13.8 Å². The minimum atomic E-state index is 0.145. The molecule has 4 nitrogen and oxygen atoms in total. The number of nitrogens with zero attached hydrogens (tertiary/aromatic N) is 1. The molecule has 0 saturated heterocycles. The second-order valence-electron chi connectivity index (χ2n) is 6.83. The molecule has 0 atom stereocenters. The normalized spacial score (nSPS) is 14.7.